The molecule has 0 spiro atoms. The van der Waals surface area contributed by atoms with Gasteiger partial charge in [0.1, 0.15) is 0 Å². The summed E-state index contributed by atoms with van der Waals surface area (Å²) >= 11 is 0. The Kier molecular flexibility index (Phi) is 5.26. The number of likely N-dealkylation sites (tertiary alicyclic amines) is 1. The number of rotatable bonds is 6. The van der Waals surface area contributed by atoms with E-state index in [2.05, 4.69) is 32.6 Å². The van der Waals surface area contributed by atoms with Crippen LogP contribution in [0.15, 0.2) is 0 Å². The molecule has 1 aliphatic heterocycles. The Balaban J connectivity index is 2.16. The van der Waals surface area contributed by atoms with Crippen LogP contribution in [0, 0.1) is 17.3 Å². The summed E-state index contributed by atoms with van der Waals surface area (Å²) < 4.78 is 0. The van der Waals surface area contributed by atoms with Crippen molar-refractivity contribution in [1.29, 1.82) is 0 Å². The van der Waals surface area contributed by atoms with Gasteiger partial charge in [-0.25, -0.2) is 0 Å². The minimum atomic E-state index is 0.331. The lowest BCUT2D eigenvalue weighted by Gasteiger charge is -2.24. The van der Waals surface area contributed by atoms with E-state index in [4.69, 9.17) is 5.73 Å². The van der Waals surface area contributed by atoms with E-state index in [9.17, 15) is 0 Å². The largest absolute Gasteiger partial charge is 0.330 e. The molecule has 1 aliphatic rings. The highest BCUT2D eigenvalue weighted by Gasteiger charge is 2.24. The maximum Gasteiger partial charge on any atom is 0.00126 e. The number of nitrogens with zero attached hydrogens (tertiary/aromatic N) is 1. The van der Waals surface area contributed by atoms with E-state index in [1.807, 2.05) is 0 Å². The molecule has 0 radical (unpaired) electrons. The molecule has 1 heterocycles. The number of hydrogen-bond acceptors (Lipinski definition) is 2. The molecule has 0 aromatic heterocycles. The fraction of sp³-hybridized carbons (Fsp3) is 1.00. The molecule has 0 aromatic rings. The third-order valence-electron chi connectivity index (χ3n) is 4.13. The van der Waals surface area contributed by atoms with Gasteiger partial charge in [-0.3, -0.25) is 0 Å². The second-order valence-corrected chi connectivity index (χ2v) is 6.57. The third-order valence-corrected chi connectivity index (χ3v) is 4.13. The Hall–Kier alpha value is -0.0800. The molecule has 1 atom stereocenters. The van der Waals surface area contributed by atoms with Gasteiger partial charge in [0, 0.05) is 6.54 Å². The monoisotopic (exact) mass is 226 g/mol. The molecule has 0 saturated carbocycles. The highest BCUT2D eigenvalue weighted by Crippen LogP contribution is 2.25. The van der Waals surface area contributed by atoms with Gasteiger partial charge in [-0.05, 0) is 56.1 Å². The van der Waals surface area contributed by atoms with Crippen LogP contribution in [0.2, 0.25) is 0 Å². The third kappa shape index (κ3) is 4.42. The van der Waals surface area contributed by atoms with Crippen LogP contribution in [0.25, 0.3) is 0 Å². The standard InChI is InChI=1S/C14H30N2/c1-12(2)13-6-9-16(10-13)8-5-7-14(3,4)11-15/h12-13H,5-11,15H2,1-4H3. The Morgan fingerprint density at radius 3 is 2.56 bits per heavy atom. The minimum Gasteiger partial charge on any atom is -0.330 e. The minimum absolute atomic E-state index is 0.331. The fourth-order valence-corrected chi connectivity index (χ4v) is 2.49. The van der Waals surface area contributed by atoms with Gasteiger partial charge < -0.3 is 10.6 Å². The summed E-state index contributed by atoms with van der Waals surface area (Å²) in [5, 5.41) is 0. The van der Waals surface area contributed by atoms with Crippen molar-refractivity contribution < 1.29 is 0 Å². The van der Waals surface area contributed by atoms with E-state index in [1.165, 1.54) is 38.9 Å². The smallest absolute Gasteiger partial charge is 0.00126 e. The van der Waals surface area contributed by atoms with Crippen molar-refractivity contribution in [3.8, 4) is 0 Å². The van der Waals surface area contributed by atoms with Crippen LogP contribution in [0.5, 0.6) is 0 Å². The topological polar surface area (TPSA) is 29.3 Å². The summed E-state index contributed by atoms with van der Waals surface area (Å²) in [6, 6.07) is 0. The average Bonchev–Trinajstić information content (AvgIpc) is 2.66. The molecule has 0 amide bonds. The summed E-state index contributed by atoms with van der Waals surface area (Å²) in [6.45, 7) is 14.0. The Labute approximate surface area is 102 Å². The van der Waals surface area contributed by atoms with Gasteiger partial charge in [-0.1, -0.05) is 27.7 Å². The van der Waals surface area contributed by atoms with E-state index in [-0.39, 0.29) is 0 Å². The van der Waals surface area contributed by atoms with Crippen LogP contribution in [-0.2, 0) is 0 Å². The van der Waals surface area contributed by atoms with Crippen LogP contribution in [0.4, 0.5) is 0 Å². The second-order valence-electron chi connectivity index (χ2n) is 6.57. The number of hydrogen-bond donors (Lipinski definition) is 1. The van der Waals surface area contributed by atoms with E-state index in [1.54, 1.807) is 0 Å². The molecular formula is C14H30N2. The van der Waals surface area contributed by atoms with Crippen LogP contribution in [0.1, 0.15) is 47.0 Å². The molecule has 1 saturated heterocycles. The average molecular weight is 226 g/mol. The van der Waals surface area contributed by atoms with Crippen molar-refractivity contribution in [3.05, 3.63) is 0 Å². The van der Waals surface area contributed by atoms with Crippen LogP contribution in [0.3, 0.4) is 0 Å². The summed E-state index contributed by atoms with van der Waals surface area (Å²) in [5.41, 5.74) is 6.08. The van der Waals surface area contributed by atoms with Gasteiger partial charge >= 0.3 is 0 Å². The maximum absolute atomic E-state index is 5.75. The van der Waals surface area contributed by atoms with E-state index in [0.29, 0.717) is 5.41 Å². The molecule has 2 nitrogen and oxygen atoms in total. The molecule has 1 rings (SSSR count). The van der Waals surface area contributed by atoms with Crippen LogP contribution in [-0.4, -0.2) is 31.1 Å². The van der Waals surface area contributed by atoms with Gasteiger partial charge in [0.05, 0.1) is 0 Å². The predicted molar refractivity (Wildman–Crippen MR) is 71.5 cm³/mol. The van der Waals surface area contributed by atoms with E-state index < -0.39 is 0 Å². The highest BCUT2D eigenvalue weighted by atomic mass is 15.1. The Bertz CT molecular complexity index is 199. The molecule has 0 bridgehead atoms. The van der Waals surface area contributed by atoms with Gasteiger partial charge in [-0.15, -0.1) is 0 Å². The quantitative estimate of drug-likeness (QED) is 0.754. The zero-order valence-electron chi connectivity index (χ0n) is 11.6. The summed E-state index contributed by atoms with van der Waals surface area (Å²) in [7, 11) is 0. The fourth-order valence-electron chi connectivity index (χ4n) is 2.49. The molecule has 1 unspecified atom stereocenters. The van der Waals surface area contributed by atoms with E-state index >= 15 is 0 Å². The van der Waals surface area contributed by atoms with E-state index in [0.717, 1.165) is 18.4 Å². The molecule has 96 valence electrons. The molecule has 0 aliphatic carbocycles. The first-order valence-corrected chi connectivity index (χ1v) is 6.87. The Morgan fingerprint density at radius 1 is 1.38 bits per heavy atom. The van der Waals surface area contributed by atoms with Crippen molar-refractivity contribution in [2.24, 2.45) is 23.0 Å². The number of nitrogens with two attached hydrogens (primary N) is 1. The zero-order valence-corrected chi connectivity index (χ0v) is 11.6. The molecule has 1 fully saturated rings. The van der Waals surface area contributed by atoms with Crippen molar-refractivity contribution in [2.75, 3.05) is 26.2 Å². The SMILES string of the molecule is CC(C)C1CCN(CCCC(C)(C)CN)C1. The van der Waals surface area contributed by atoms with Gasteiger partial charge in [0.25, 0.3) is 0 Å². The first kappa shape index (κ1) is 14.0. The molecule has 0 aromatic carbocycles. The van der Waals surface area contributed by atoms with Crippen LogP contribution < -0.4 is 5.73 Å². The summed E-state index contributed by atoms with van der Waals surface area (Å²) in [4.78, 5) is 2.64. The predicted octanol–water partition coefficient (Wildman–Crippen LogP) is 2.73. The lowest BCUT2D eigenvalue weighted by Crippen LogP contribution is -2.27. The molecule has 2 heteroatoms. The molecule has 16 heavy (non-hydrogen) atoms. The van der Waals surface area contributed by atoms with Crippen molar-refractivity contribution in [3.63, 3.8) is 0 Å². The maximum atomic E-state index is 5.75. The van der Waals surface area contributed by atoms with Crippen molar-refractivity contribution in [1.82, 2.24) is 4.90 Å². The van der Waals surface area contributed by atoms with Crippen molar-refractivity contribution >= 4 is 0 Å². The first-order valence-electron chi connectivity index (χ1n) is 6.87. The molecular weight excluding hydrogens is 196 g/mol. The van der Waals surface area contributed by atoms with Gasteiger partial charge in [-0.2, -0.15) is 0 Å². The van der Waals surface area contributed by atoms with Gasteiger partial charge in [0.15, 0.2) is 0 Å². The lowest BCUT2D eigenvalue weighted by atomic mass is 9.88. The second kappa shape index (κ2) is 6.02. The highest BCUT2D eigenvalue weighted by molar-refractivity contribution is 4.78. The van der Waals surface area contributed by atoms with Crippen molar-refractivity contribution in [2.45, 2.75) is 47.0 Å². The van der Waals surface area contributed by atoms with Gasteiger partial charge in [0.2, 0.25) is 0 Å². The summed E-state index contributed by atoms with van der Waals surface area (Å²) in [6.07, 6.45) is 3.96. The normalized spacial score (nSPS) is 23.2. The molecule has 2 N–H and O–H groups in total. The summed E-state index contributed by atoms with van der Waals surface area (Å²) in [5.74, 6) is 1.79. The lowest BCUT2D eigenvalue weighted by molar-refractivity contribution is 0.265. The Morgan fingerprint density at radius 2 is 2.06 bits per heavy atom. The zero-order chi connectivity index (χ0) is 12.2. The first-order chi connectivity index (χ1) is 7.44. The van der Waals surface area contributed by atoms with Crippen LogP contribution >= 0.6 is 0 Å².